The Hall–Kier alpha value is -2.46. The Morgan fingerprint density at radius 1 is 1.40 bits per heavy atom. The number of aromatic nitrogens is 2. The molecule has 1 heterocycles. The third-order valence-corrected chi connectivity index (χ3v) is 2.68. The maximum absolute atomic E-state index is 13.2. The highest BCUT2D eigenvalue weighted by atomic mass is 35.5. The summed E-state index contributed by atoms with van der Waals surface area (Å²) in [5, 5.41) is 14.9. The minimum atomic E-state index is -0.820. The van der Waals surface area contributed by atoms with Crippen molar-refractivity contribution in [2.24, 2.45) is 0 Å². The summed E-state index contributed by atoms with van der Waals surface area (Å²) >= 11 is 5.90. The van der Waals surface area contributed by atoms with Gasteiger partial charge in [0.1, 0.15) is 22.7 Å². The first kappa shape index (κ1) is 14.0. The normalized spacial score (nSPS) is 10.2. The first-order chi connectivity index (χ1) is 9.42. The first-order valence-corrected chi connectivity index (χ1v) is 5.73. The van der Waals surface area contributed by atoms with Crippen LogP contribution in [0.25, 0.3) is 5.69 Å². The van der Waals surface area contributed by atoms with Crippen molar-refractivity contribution in [3.8, 4) is 11.8 Å². The van der Waals surface area contributed by atoms with Gasteiger partial charge in [-0.25, -0.2) is 13.5 Å². The summed E-state index contributed by atoms with van der Waals surface area (Å²) in [5.41, 5.74) is -0.172. The van der Waals surface area contributed by atoms with E-state index in [1.165, 1.54) is 6.92 Å². The number of benzene rings is 1. The first-order valence-electron chi connectivity index (χ1n) is 5.35. The van der Waals surface area contributed by atoms with Gasteiger partial charge in [-0.15, -0.1) is 0 Å². The number of nitrogens with zero attached hydrogens (tertiary/aromatic N) is 3. The molecule has 20 heavy (non-hydrogen) atoms. The highest BCUT2D eigenvalue weighted by Crippen LogP contribution is 2.28. The SMILES string of the molecule is CC(=O)Nc1c(Cl)c(C#N)nn1-c1cc(F)cc(F)c1. The quantitative estimate of drug-likeness (QED) is 0.926. The highest BCUT2D eigenvalue weighted by Gasteiger charge is 2.19. The average Bonchev–Trinajstić information content (AvgIpc) is 2.65. The number of nitrogens with one attached hydrogen (secondary N) is 1. The van der Waals surface area contributed by atoms with Gasteiger partial charge in [-0.05, 0) is 12.1 Å². The Morgan fingerprint density at radius 3 is 2.50 bits per heavy atom. The van der Waals surface area contributed by atoms with Crippen LogP contribution in [0, 0.1) is 23.0 Å². The molecule has 0 fully saturated rings. The predicted molar refractivity (Wildman–Crippen MR) is 67.5 cm³/mol. The van der Waals surface area contributed by atoms with Gasteiger partial charge in [0.25, 0.3) is 0 Å². The lowest BCUT2D eigenvalue weighted by Crippen LogP contribution is -2.11. The summed E-state index contributed by atoms with van der Waals surface area (Å²) in [6.45, 7) is 1.23. The molecule has 0 radical (unpaired) electrons. The number of amides is 1. The number of hydrogen-bond acceptors (Lipinski definition) is 3. The van der Waals surface area contributed by atoms with Crippen molar-refractivity contribution < 1.29 is 13.6 Å². The van der Waals surface area contributed by atoms with Crippen molar-refractivity contribution >= 4 is 23.3 Å². The van der Waals surface area contributed by atoms with Crippen molar-refractivity contribution in [3.63, 3.8) is 0 Å². The van der Waals surface area contributed by atoms with E-state index in [9.17, 15) is 13.6 Å². The molecule has 0 aliphatic carbocycles. The van der Waals surface area contributed by atoms with E-state index in [4.69, 9.17) is 16.9 Å². The van der Waals surface area contributed by atoms with Gasteiger partial charge in [0, 0.05) is 13.0 Å². The zero-order valence-electron chi connectivity index (χ0n) is 10.1. The van der Waals surface area contributed by atoms with Crippen LogP contribution < -0.4 is 5.32 Å². The van der Waals surface area contributed by atoms with Crippen LogP contribution in [0.2, 0.25) is 5.02 Å². The molecule has 1 aromatic carbocycles. The molecule has 102 valence electrons. The number of anilines is 1. The maximum Gasteiger partial charge on any atom is 0.222 e. The van der Waals surface area contributed by atoms with Gasteiger partial charge in [0.05, 0.1) is 5.69 Å². The second-order valence-corrected chi connectivity index (χ2v) is 4.22. The molecule has 0 saturated carbocycles. The molecule has 5 nitrogen and oxygen atoms in total. The van der Waals surface area contributed by atoms with Crippen LogP contribution >= 0.6 is 11.6 Å². The Morgan fingerprint density at radius 2 is 2.00 bits per heavy atom. The van der Waals surface area contributed by atoms with Crippen molar-refractivity contribution in [2.45, 2.75) is 6.92 Å². The number of carbonyl (C=O) groups excluding carboxylic acids is 1. The summed E-state index contributed by atoms with van der Waals surface area (Å²) in [4.78, 5) is 11.1. The number of rotatable bonds is 2. The molecular weight excluding hydrogens is 290 g/mol. The number of nitriles is 1. The third kappa shape index (κ3) is 2.60. The van der Waals surface area contributed by atoms with E-state index in [0.717, 1.165) is 16.8 Å². The predicted octanol–water partition coefficient (Wildman–Crippen LogP) is 2.63. The van der Waals surface area contributed by atoms with Crippen molar-refractivity contribution in [1.82, 2.24) is 9.78 Å². The second-order valence-electron chi connectivity index (χ2n) is 3.84. The lowest BCUT2D eigenvalue weighted by atomic mass is 10.3. The molecule has 8 heteroatoms. The molecule has 1 N–H and O–H groups in total. The molecule has 2 rings (SSSR count). The Labute approximate surface area is 117 Å². The van der Waals surface area contributed by atoms with Gasteiger partial charge in [0.15, 0.2) is 11.5 Å². The van der Waals surface area contributed by atoms with Crippen LogP contribution in [0.1, 0.15) is 12.6 Å². The fourth-order valence-corrected chi connectivity index (χ4v) is 1.80. The zero-order chi connectivity index (χ0) is 14.9. The van der Waals surface area contributed by atoms with E-state index in [-0.39, 0.29) is 22.2 Å². The molecule has 0 atom stereocenters. The maximum atomic E-state index is 13.2. The molecule has 2 aromatic rings. The van der Waals surface area contributed by atoms with Crippen LogP contribution in [-0.2, 0) is 4.79 Å². The largest absolute Gasteiger partial charge is 0.310 e. The summed E-state index contributed by atoms with van der Waals surface area (Å²) in [6.07, 6.45) is 0. The van der Waals surface area contributed by atoms with Crippen LogP contribution in [-0.4, -0.2) is 15.7 Å². The fraction of sp³-hybridized carbons (Fsp3) is 0.0833. The highest BCUT2D eigenvalue weighted by molar-refractivity contribution is 6.34. The number of halogens is 3. The van der Waals surface area contributed by atoms with Gasteiger partial charge in [-0.2, -0.15) is 10.4 Å². The smallest absolute Gasteiger partial charge is 0.222 e. The summed E-state index contributed by atoms with van der Waals surface area (Å²) in [6, 6.07) is 4.42. The molecule has 0 aliphatic rings. The lowest BCUT2D eigenvalue weighted by Gasteiger charge is -2.08. The molecule has 0 bridgehead atoms. The third-order valence-electron chi connectivity index (χ3n) is 2.32. The van der Waals surface area contributed by atoms with Gasteiger partial charge in [-0.3, -0.25) is 4.79 Å². The van der Waals surface area contributed by atoms with Gasteiger partial charge < -0.3 is 5.32 Å². The van der Waals surface area contributed by atoms with E-state index >= 15 is 0 Å². The molecule has 0 unspecified atom stereocenters. The second kappa shape index (κ2) is 5.27. The van der Waals surface area contributed by atoms with Gasteiger partial charge in [0.2, 0.25) is 5.91 Å². The van der Waals surface area contributed by atoms with E-state index in [1.807, 2.05) is 0 Å². The molecule has 1 amide bonds. The summed E-state index contributed by atoms with van der Waals surface area (Å²) in [5.74, 6) is -2.13. The lowest BCUT2D eigenvalue weighted by molar-refractivity contribution is -0.114. The number of carbonyl (C=O) groups is 1. The minimum absolute atomic E-state index is 0.00495. The topological polar surface area (TPSA) is 70.7 Å². The summed E-state index contributed by atoms with van der Waals surface area (Å²) in [7, 11) is 0. The molecular formula is C12H7ClF2N4O. The van der Waals surface area contributed by atoms with E-state index in [1.54, 1.807) is 6.07 Å². The summed E-state index contributed by atoms with van der Waals surface area (Å²) < 4.78 is 27.5. The standard InChI is InChI=1S/C12H7ClF2N4O/c1-6(20)17-12-11(13)10(5-16)18-19(12)9-3-7(14)2-8(15)4-9/h2-4H,1H3,(H,17,20). The van der Waals surface area contributed by atoms with E-state index in [0.29, 0.717) is 6.07 Å². The molecule has 0 saturated heterocycles. The van der Waals surface area contributed by atoms with Crippen molar-refractivity contribution in [3.05, 3.63) is 40.6 Å². The Bertz CT molecular complexity index is 716. The van der Waals surface area contributed by atoms with E-state index < -0.39 is 17.5 Å². The van der Waals surface area contributed by atoms with Crippen LogP contribution in [0.3, 0.4) is 0 Å². The Balaban J connectivity index is 2.66. The minimum Gasteiger partial charge on any atom is -0.310 e. The zero-order valence-corrected chi connectivity index (χ0v) is 10.9. The van der Waals surface area contributed by atoms with E-state index in [2.05, 4.69) is 10.4 Å². The Kier molecular flexibility index (Phi) is 3.68. The average molecular weight is 297 g/mol. The van der Waals surface area contributed by atoms with Crippen molar-refractivity contribution in [1.29, 1.82) is 5.26 Å². The van der Waals surface area contributed by atoms with Gasteiger partial charge >= 0.3 is 0 Å². The molecule has 0 aliphatic heterocycles. The molecule has 1 aromatic heterocycles. The van der Waals surface area contributed by atoms with Crippen LogP contribution in [0.4, 0.5) is 14.6 Å². The van der Waals surface area contributed by atoms with Crippen LogP contribution in [0.15, 0.2) is 18.2 Å². The van der Waals surface area contributed by atoms with Crippen LogP contribution in [0.5, 0.6) is 0 Å². The van der Waals surface area contributed by atoms with Crippen molar-refractivity contribution in [2.75, 3.05) is 5.32 Å². The van der Waals surface area contributed by atoms with Gasteiger partial charge in [-0.1, -0.05) is 11.6 Å². The monoisotopic (exact) mass is 296 g/mol. The molecule has 0 spiro atoms. The fourth-order valence-electron chi connectivity index (χ4n) is 1.59. The number of hydrogen-bond donors (Lipinski definition) is 1.